The summed E-state index contributed by atoms with van der Waals surface area (Å²) in [7, 11) is 1.32. The molecule has 0 aliphatic rings. The first kappa shape index (κ1) is 16.3. The van der Waals surface area contributed by atoms with Crippen LogP contribution in [-0.4, -0.2) is 29.9 Å². The van der Waals surface area contributed by atoms with Crippen LogP contribution in [0.2, 0.25) is 0 Å². The molecule has 0 saturated heterocycles. The van der Waals surface area contributed by atoms with Gasteiger partial charge >= 0.3 is 11.7 Å². The zero-order chi connectivity index (χ0) is 15.1. The van der Waals surface area contributed by atoms with Crippen LogP contribution in [0.1, 0.15) is 20.3 Å². The van der Waals surface area contributed by atoms with Gasteiger partial charge in [0.2, 0.25) is 0 Å². The third-order valence-corrected chi connectivity index (χ3v) is 3.61. The van der Waals surface area contributed by atoms with Crippen molar-refractivity contribution in [1.29, 1.82) is 0 Å². The number of rotatable bonds is 7. The lowest BCUT2D eigenvalue weighted by molar-refractivity contribution is -0.388. The van der Waals surface area contributed by atoms with Crippen LogP contribution in [-0.2, 0) is 9.53 Å². The molecule has 1 unspecified atom stereocenters. The lowest BCUT2D eigenvalue weighted by atomic mass is 10.3. The third kappa shape index (κ3) is 4.41. The molecule has 110 valence electrons. The van der Waals surface area contributed by atoms with Crippen molar-refractivity contribution in [2.75, 3.05) is 13.7 Å². The van der Waals surface area contributed by atoms with E-state index in [9.17, 15) is 14.9 Å². The van der Waals surface area contributed by atoms with Gasteiger partial charge in [-0.2, -0.15) is 0 Å². The number of carbonyl (C=O) groups excluding carboxylic acids is 1. The molecule has 1 aromatic rings. The van der Waals surface area contributed by atoms with Crippen LogP contribution in [0.25, 0.3) is 0 Å². The van der Waals surface area contributed by atoms with Crippen LogP contribution in [0.15, 0.2) is 23.1 Å². The van der Waals surface area contributed by atoms with Crippen LogP contribution in [0.5, 0.6) is 5.75 Å². The van der Waals surface area contributed by atoms with E-state index in [2.05, 4.69) is 4.74 Å². The monoisotopic (exact) mass is 299 g/mol. The molecule has 0 fully saturated rings. The van der Waals surface area contributed by atoms with E-state index in [0.29, 0.717) is 11.5 Å². The Morgan fingerprint density at radius 3 is 2.75 bits per heavy atom. The van der Waals surface area contributed by atoms with Gasteiger partial charge in [0.1, 0.15) is 0 Å². The van der Waals surface area contributed by atoms with Crippen molar-refractivity contribution < 1.29 is 19.2 Å². The van der Waals surface area contributed by atoms with Gasteiger partial charge in [0, 0.05) is 5.25 Å². The normalized spacial score (nSPS) is 11.8. The molecule has 1 rings (SSSR count). The molecule has 0 spiro atoms. The summed E-state index contributed by atoms with van der Waals surface area (Å²) < 4.78 is 9.86. The van der Waals surface area contributed by atoms with E-state index < -0.39 is 4.92 Å². The fraction of sp³-hybridized carbons (Fsp3) is 0.462. The minimum atomic E-state index is -0.460. The average molecular weight is 299 g/mol. The largest absolute Gasteiger partial charge is 0.487 e. The van der Waals surface area contributed by atoms with Gasteiger partial charge < -0.3 is 9.47 Å². The Morgan fingerprint density at radius 1 is 1.50 bits per heavy atom. The first-order chi connectivity index (χ1) is 9.49. The summed E-state index contributed by atoms with van der Waals surface area (Å²) in [6, 6.07) is 4.92. The maximum atomic E-state index is 11.2. The van der Waals surface area contributed by atoms with Gasteiger partial charge in [-0.05, 0) is 19.1 Å². The SMILES string of the molecule is CCOc1cccc(SC(C)CC(=O)OC)c1[N+](=O)[O-]. The summed E-state index contributed by atoms with van der Waals surface area (Å²) >= 11 is 1.26. The molecule has 0 radical (unpaired) electrons. The number of nitrogens with zero attached hydrogens (tertiary/aromatic N) is 1. The summed E-state index contributed by atoms with van der Waals surface area (Å²) in [5, 5.41) is 11.1. The minimum Gasteiger partial charge on any atom is -0.487 e. The first-order valence-corrected chi connectivity index (χ1v) is 7.01. The van der Waals surface area contributed by atoms with Gasteiger partial charge in [-0.3, -0.25) is 14.9 Å². The molecular formula is C13H17NO5S. The minimum absolute atomic E-state index is 0.0592. The Bertz CT molecular complexity index is 492. The van der Waals surface area contributed by atoms with Gasteiger partial charge in [-0.15, -0.1) is 11.8 Å². The number of benzene rings is 1. The standard InChI is InChI=1S/C13H17NO5S/c1-4-19-10-6-5-7-11(13(10)14(16)17)20-9(2)8-12(15)18-3/h5-7,9H,4,8H2,1-3H3. The van der Waals surface area contributed by atoms with E-state index in [4.69, 9.17) is 4.74 Å². The van der Waals surface area contributed by atoms with E-state index in [1.54, 1.807) is 25.1 Å². The number of para-hydroxylation sites is 1. The van der Waals surface area contributed by atoms with Crippen LogP contribution in [0.3, 0.4) is 0 Å². The number of thioether (sulfide) groups is 1. The van der Waals surface area contributed by atoms with Gasteiger partial charge in [0.15, 0.2) is 5.75 Å². The molecule has 20 heavy (non-hydrogen) atoms. The Labute approximate surface area is 121 Å². The maximum Gasteiger partial charge on any atom is 0.324 e. The predicted molar refractivity (Wildman–Crippen MR) is 76.2 cm³/mol. The van der Waals surface area contributed by atoms with Crippen molar-refractivity contribution in [3.8, 4) is 5.75 Å². The van der Waals surface area contributed by atoms with Crippen molar-refractivity contribution in [2.45, 2.75) is 30.4 Å². The van der Waals surface area contributed by atoms with Crippen molar-refractivity contribution in [1.82, 2.24) is 0 Å². The first-order valence-electron chi connectivity index (χ1n) is 6.13. The highest BCUT2D eigenvalue weighted by atomic mass is 32.2. The van der Waals surface area contributed by atoms with Crippen LogP contribution in [0.4, 0.5) is 5.69 Å². The van der Waals surface area contributed by atoms with Gasteiger partial charge in [-0.1, -0.05) is 13.0 Å². The Kier molecular flexibility index (Phi) is 6.30. The van der Waals surface area contributed by atoms with Gasteiger partial charge in [-0.25, -0.2) is 0 Å². The second-order valence-electron chi connectivity index (χ2n) is 4.00. The molecule has 0 bridgehead atoms. The van der Waals surface area contributed by atoms with Gasteiger partial charge in [0.25, 0.3) is 0 Å². The lowest BCUT2D eigenvalue weighted by Gasteiger charge is -2.12. The highest BCUT2D eigenvalue weighted by molar-refractivity contribution is 8.00. The van der Waals surface area contributed by atoms with Gasteiger partial charge in [0.05, 0.1) is 30.0 Å². The maximum absolute atomic E-state index is 11.2. The molecule has 0 N–H and O–H groups in total. The number of nitro groups is 1. The molecule has 0 aliphatic heterocycles. The summed E-state index contributed by atoms with van der Waals surface area (Å²) in [5.41, 5.74) is -0.0592. The summed E-state index contributed by atoms with van der Waals surface area (Å²) in [6.45, 7) is 3.94. The number of esters is 1. The zero-order valence-electron chi connectivity index (χ0n) is 11.6. The van der Waals surface area contributed by atoms with E-state index in [-0.39, 0.29) is 29.1 Å². The molecule has 0 aliphatic carbocycles. The highest BCUT2D eigenvalue weighted by Gasteiger charge is 2.23. The Hall–Kier alpha value is -1.76. The van der Waals surface area contributed by atoms with Crippen molar-refractivity contribution in [2.24, 2.45) is 0 Å². The molecule has 1 aromatic carbocycles. The molecule has 7 heteroatoms. The average Bonchev–Trinajstić information content (AvgIpc) is 2.38. The molecule has 0 saturated carbocycles. The van der Waals surface area contributed by atoms with Crippen LogP contribution < -0.4 is 4.74 Å². The second kappa shape index (κ2) is 7.74. The van der Waals surface area contributed by atoms with Crippen LogP contribution in [0, 0.1) is 10.1 Å². The quantitative estimate of drug-likeness (QED) is 0.333. The van der Waals surface area contributed by atoms with E-state index in [1.165, 1.54) is 18.9 Å². The van der Waals surface area contributed by atoms with E-state index in [1.807, 2.05) is 6.92 Å². The van der Waals surface area contributed by atoms with Crippen molar-refractivity contribution in [3.63, 3.8) is 0 Å². The lowest BCUT2D eigenvalue weighted by Crippen LogP contribution is -2.09. The fourth-order valence-electron chi connectivity index (χ4n) is 1.63. The molecule has 0 heterocycles. The Balaban J connectivity index is 2.96. The number of methoxy groups -OCH3 is 1. The molecule has 6 nitrogen and oxygen atoms in total. The summed E-state index contributed by atoms with van der Waals surface area (Å²) in [5.74, 6) is -0.0959. The Morgan fingerprint density at radius 2 is 2.20 bits per heavy atom. The van der Waals surface area contributed by atoms with Crippen molar-refractivity contribution in [3.05, 3.63) is 28.3 Å². The summed E-state index contributed by atoms with van der Waals surface area (Å²) in [6.07, 6.45) is 0.192. The fourth-order valence-corrected chi connectivity index (χ4v) is 2.72. The smallest absolute Gasteiger partial charge is 0.324 e. The number of hydrogen-bond acceptors (Lipinski definition) is 6. The number of carbonyl (C=O) groups is 1. The molecule has 0 amide bonds. The second-order valence-corrected chi connectivity index (χ2v) is 5.48. The molecular weight excluding hydrogens is 282 g/mol. The van der Waals surface area contributed by atoms with E-state index in [0.717, 1.165) is 0 Å². The molecule has 1 atom stereocenters. The molecule has 0 aromatic heterocycles. The highest BCUT2D eigenvalue weighted by Crippen LogP contribution is 2.39. The zero-order valence-corrected chi connectivity index (χ0v) is 12.4. The third-order valence-electron chi connectivity index (χ3n) is 2.45. The van der Waals surface area contributed by atoms with Crippen LogP contribution >= 0.6 is 11.8 Å². The predicted octanol–water partition coefficient (Wildman–Crippen LogP) is 3.04. The number of hydrogen-bond donors (Lipinski definition) is 0. The van der Waals surface area contributed by atoms with E-state index >= 15 is 0 Å². The topological polar surface area (TPSA) is 78.7 Å². The number of ether oxygens (including phenoxy) is 2. The van der Waals surface area contributed by atoms with Crippen molar-refractivity contribution >= 4 is 23.4 Å². The number of nitro benzene ring substituents is 1. The summed E-state index contributed by atoms with van der Waals surface area (Å²) in [4.78, 5) is 22.4.